The summed E-state index contributed by atoms with van der Waals surface area (Å²) in [4.78, 5) is 34.0. The molecule has 2 rings (SSSR count). The molecule has 8 heteroatoms. The number of carbonyl (C=O) groups excluding carboxylic acids is 2. The molecule has 0 spiro atoms. The summed E-state index contributed by atoms with van der Waals surface area (Å²) in [6.07, 6.45) is 4.92. The maximum atomic E-state index is 12.2. The van der Waals surface area contributed by atoms with Crippen LogP contribution in [0.5, 0.6) is 0 Å². The van der Waals surface area contributed by atoms with Gasteiger partial charge in [0.25, 0.3) is 5.69 Å². The molecule has 1 aromatic carbocycles. The Bertz CT molecular complexity index is 641. The van der Waals surface area contributed by atoms with E-state index in [-0.39, 0.29) is 23.2 Å². The zero-order valence-electron chi connectivity index (χ0n) is 13.6. The Kier molecular flexibility index (Phi) is 5.73. The third-order valence-electron chi connectivity index (χ3n) is 4.24. The number of benzene rings is 1. The predicted octanol–water partition coefficient (Wildman–Crippen LogP) is 2.40. The molecule has 0 aromatic heterocycles. The molecule has 1 unspecified atom stereocenters. The molecule has 0 saturated heterocycles. The number of rotatable bonds is 6. The average Bonchev–Trinajstić information content (AvgIpc) is 2.56. The van der Waals surface area contributed by atoms with E-state index in [1.54, 1.807) is 6.07 Å². The summed E-state index contributed by atoms with van der Waals surface area (Å²) >= 11 is 0. The summed E-state index contributed by atoms with van der Waals surface area (Å²) in [5.41, 5.74) is 5.49. The van der Waals surface area contributed by atoms with E-state index < -0.39 is 16.9 Å². The van der Waals surface area contributed by atoms with Gasteiger partial charge in [-0.1, -0.05) is 19.3 Å². The van der Waals surface area contributed by atoms with Gasteiger partial charge in [0.15, 0.2) is 0 Å². The number of nitro benzene ring substituents is 1. The quantitative estimate of drug-likeness (QED) is 0.543. The Labute approximate surface area is 139 Å². The van der Waals surface area contributed by atoms with Crippen LogP contribution in [0.3, 0.4) is 0 Å². The Balaban J connectivity index is 2.14. The highest BCUT2D eigenvalue weighted by atomic mass is 16.6. The second-order valence-electron chi connectivity index (χ2n) is 6.08. The van der Waals surface area contributed by atoms with E-state index in [0.29, 0.717) is 5.69 Å². The number of carbonyl (C=O) groups is 2. The molecular weight excluding hydrogens is 312 g/mol. The van der Waals surface area contributed by atoms with E-state index in [9.17, 15) is 19.7 Å². The number of nitrogens with one attached hydrogen (secondary N) is 2. The Morgan fingerprint density at radius 2 is 1.96 bits per heavy atom. The molecule has 0 radical (unpaired) electrons. The molecule has 0 aliphatic heterocycles. The van der Waals surface area contributed by atoms with Gasteiger partial charge < -0.3 is 16.4 Å². The van der Waals surface area contributed by atoms with Crippen molar-refractivity contribution in [1.29, 1.82) is 0 Å². The summed E-state index contributed by atoms with van der Waals surface area (Å²) in [5.74, 6) is -0.750. The van der Waals surface area contributed by atoms with Crippen molar-refractivity contribution >= 4 is 28.9 Å². The molecule has 2 amide bonds. The van der Waals surface area contributed by atoms with Crippen LogP contribution in [0, 0.1) is 16.0 Å². The second kappa shape index (κ2) is 7.76. The summed E-state index contributed by atoms with van der Waals surface area (Å²) in [5, 5.41) is 16.7. The van der Waals surface area contributed by atoms with Crippen LogP contribution in [0.15, 0.2) is 18.2 Å². The van der Waals surface area contributed by atoms with Gasteiger partial charge in [-0.2, -0.15) is 0 Å². The SMILES string of the molecule is CC(Nc1ccc(NC(=O)C2CCCCC2)cc1[N+](=O)[O-])C(N)=O. The number of primary amides is 1. The number of anilines is 2. The molecule has 24 heavy (non-hydrogen) atoms. The second-order valence-corrected chi connectivity index (χ2v) is 6.08. The molecule has 1 aliphatic carbocycles. The zero-order valence-corrected chi connectivity index (χ0v) is 13.6. The molecule has 1 atom stereocenters. The molecular formula is C16H22N4O4. The minimum atomic E-state index is -0.744. The van der Waals surface area contributed by atoms with Crippen molar-refractivity contribution in [3.63, 3.8) is 0 Å². The van der Waals surface area contributed by atoms with Crippen LogP contribution in [0.4, 0.5) is 17.1 Å². The van der Waals surface area contributed by atoms with Gasteiger partial charge in [-0.05, 0) is 31.9 Å². The van der Waals surface area contributed by atoms with Crippen LogP contribution >= 0.6 is 0 Å². The first kappa shape index (κ1) is 17.7. The number of nitro groups is 1. The normalized spacial score (nSPS) is 16.2. The maximum absolute atomic E-state index is 12.2. The third kappa shape index (κ3) is 4.43. The molecule has 130 valence electrons. The lowest BCUT2D eigenvalue weighted by atomic mass is 9.88. The third-order valence-corrected chi connectivity index (χ3v) is 4.24. The Morgan fingerprint density at radius 3 is 2.54 bits per heavy atom. The minimum Gasteiger partial charge on any atom is -0.368 e. The zero-order chi connectivity index (χ0) is 17.7. The lowest BCUT2D eigenvalue weighted by Gasteiger charge is -2.21. The van der Waals surface area contributed by atoms with Gasteiger partial charge in [-0.15, -0.1) is 0 Å². The van der Waals surface area contributed by atoms with Gasteiger partial charge >= 0.3 is 0 Å². The molecule has 0 bridgehead atoms. The summed E-state index contributed by atoms with van der Waals surface area (Å²) in [6, 6.07) is 3.58. The van der Waals surface area contributed by atoms with E-state index >= 15 is 0 Å². The first-order valence-electron chi connectivity index (χ1n) is 8.03. The first-order valence-corrected chi connectivity index (χ1v) is 8.03. The lowest BCUT2D eigenvalue weighted by Crippen LogP contribution is -2.32. The van der Waals surface area contributed by atoms with Gasteiger partial charge in [0.1, 0.15) is 11.7 Å². The fourth-order valence-corrected chi connectivity index (χ4v) is 2.80. The van der Waals surface area contributed by atoms with Gasteiger partial charge in [0.05, 0.1) is 4.92 Å². The lowest BCUT2D eigenvalue weighted by molar-refractivity contribution is -0.383. The van der Waals surface area contributed by atoms with Crippen molar-refractivity contribution in [2.75, 3.05) is 10.6 Å². The summed E-state index contributed by atoms with van der Waals surface area (Å²) in [7, 11) is 0. The number of nitrogens with two attached hydrogens (primary N) is 1. The molecule has 1 aromatic rings. The van der Waals surface area contributed by atoms with E-state index in [0.717, 1.165) is 32.1 Å². The standard InChI is InChI=1S/C16H22N4O4/c1-10(15(17)21)18-13-8-7-12(9-14(13)20(23)24)19-16(22)11-5-3-2-4-6-11/h7-11,18H,2-6H2,1H3,(H2,17,21)(H,19,22). The van der Waals surface area contributed by atoms with Crippen molar-refractivity contribution in [1.82, 2.24) is 0 Å². The molecule has 4 N–H and O–H groups in total. The largest absolute Gasteiger partial charge is 0.368 e. The average molecular weight is 334 g/mol. The van der Waals surface area contributed by atoms with Crippen LogP contribution < -0.4 is 16.4 Å². The summed E-state index contributed by atoms with van der Waals surface area (Å²) < 4.78 is 0. The first-order chi connectivity index (χ1) is 11.4. The predicted molar refractivity (Wildman–Crippen MR) is 90.6 cm³/mol. The van der Waals surface area contributed by atoms with Crippen molar-refractivity contribution in [3.05, 3.63) is 28.3 Å². The molecule has 1 saturated carbocycles. The van der Waals surface area contributed by atoms with Crippen molar-refractivity contribution in [2.45, 2.75) is 45.1 Å². The van der Waals surface area contributed by atoms with E-state index in [2.05, 4.69) is 10.6 Å². The fourth-order valence-electron chi connectivity index (χ4n) is 2.80. The highest BCUT2D eigenvalue weighted by Crippen LogP contribution is 2.30. The maximum Gasteiger partial charge on any atom is 0.294 e. The molecule has 1 aliphatic rings. The van der Waals surface area contributed by atoms with Crippen LogP contribution in [0.2, 0.25) is 0 Å². The van der Waals surface area contributed by atoms with Crippen LogP contribution in [-0.4, -0.2) is 22.8 Å². The monoisotopic (exact) mass is 334 g/mol. The summed E-state index contributed by atoms with van der Waals surface area (Å²) in [6.45, 7) is 1.52. The van der Waals surface area contributed by atoms with E-state index in [4.69, 9.17) is 5.73 Å². The van der Waals surface area contributed by atoms with Gasteiger partial charge in [0.2, 0.25) is 11.8 Å². The molecule has 0 heterocycles. The van der Waals surface area contributed by atoms with Crippen LogP contribution in [-0.2, 0) is 9.59 Å². The molecule has 1 fully saturated rings. The van der Waals surface area contributed by atoms with E-state index in [1.807, 2.05) is 0 Å². The molecule has 8 nitrogen and oxygen atoms in total. The highest BCUT2D eigenvalue weighted by Gasteiger charge is 2.23. The highest BCUT2D eigenvalue weighted by molar-refractivity contribution is 5.93. The van der Waals surface area contributed by atoms with Crippen molar-refractivity contribution < 1.29 is 14.5 Å². The van der Waals surface area contributed by atoms with Crippen LogP contribution in [0.25, 0.3) is 0 Å². The smallest absolute Gasteiger partial charge is 0.294 e. The Hall–Kier alpha value is -2.64. The topological polar surface area (TPSA) is 127 Å². The minimum absolute atomic E-state index is 0.0366. The number of hydrogen-bond donors (Lipinski definition) is 3. The van der Waals surface area contributed by atoms with E-state index in [1.165, 1.54) is 19.1 Å². The van der Waals surface area contributed by atoms with Crippen LogP contribution in [0.1, 0.15) is 39.0 Å². The van der Waals surface area contributed by atoms with Crippen molar-refractivity contribution in [3.8, 4) is 0 Å². The number of hydrogen-bond acceptors (Lipinski definition) is 5. The van der Waals surface area contributed by atoms with Crippen molar-refractivity contribution in [2.24, 2.45) is 11.7 Å². The fraction of sp³-hybridized carbons (Fsp3) is 0.500. The number of amides is 2. The van der Waals surface area contributed by atoms with Gasteiger partial charge in [-0.25, -0.2) is 0 Å². The number of nitrogens with zero attached hydrogens (tertiary/aromatic N) is 1. The van der Waals surface area contributed by atoms with Gasteiger partial charge in [0, 0.05) is 17.7 Å². The van der Waals surface area contributed by atoms with Gasteiger partial charge in [-0.3, -0.25) is 19.7 Å². The Morgan fingerprint density at radius 1 is 1.29 bits per heavy atom.